The standard InChI is InChI=1S/C11H18N4O4/c1-7(2)14(3)9(16)5-15-8(6-19-4)10(11(17)18)12-13-15/h7H,5-6H2,1-4H3,(H,17,18). The summed E-state index contributed by atoms with van der Waals surface area (Å²) in [5.41, 5.74) is 0.0855. The van der Waals surface area contributed by atoms with E-state index in [1.807, 2.05) is 13.8 Å². The van der Waals surface area contributed by atoms with Gasteiger partial charge in [0.05, 0.1) is 12.3 Å². The van der Waals surface area contributed by atoms with Crippen molar-refractivity contribution in [3.05, 3.63) is 11.4 Å². The zero-order chi connectivity index (χ0) is 14.6. The van der Waals surface area contributed by atoms with Gasteiger partial charge in [-0.05, 0) is 13.8 Å². The fraction of sp³-hybridized carbons (Fsp3) is 0.636. The minimum absolute atomic E-state index is 0.0350. The van der Waals surface area contributed by atoms with Crippen LogP contribution >= 0.6 is 0 Å². The highest BCUT2D eigenvalue weighted by atomic mass is 16.5. The molecule has 1 rings (SSSR count). The second-order valence-electron chi connectivity index (χ2n) is 4.38. The maximum Gasteiger partial charge on any atom is 0.358 e. The fourth-order valence-electron chi connectivity index (χ4n) is 1.43. The number of rotatable bonds is 6. The number of amides is 1. The van der Waals surface area contributed by atoms with Gasteiger partial charge < -0.3 is 14.7 Å². The van der Waals surface area contributed by atoms with Crippen molar-refractivity contribution in [1.29, 1.82) is 0 Å². The first kappa shape index (κ1) is 15.1. The molecule has 1 amide bonds. The third-order valence-electron chi connectivity index (χ3n) is 2.77. The Kier molecular flexibility index (Phi) is 4.99. The summed E-state index contributed by atoms with van der Waals surface area (Å²) in [6.45, 7) is 3.75. The molecule has 1 aromatic heterocycles. The van der Waals surface area contributed by atoms with Gasteiger partial charge in [0.25, 0.3) is 0 Å². The Bertz CT molecular complexity index is 469. The van der Waals surface area contributed by atoms with Crippen LogP contribution in [0.1, 0.15) is 30.0 Å². The molecule has 0 aliphatic rings. The van der Waals surface area contributed by atoms with Crippen molar-refractivity contribution >= 4 is 11.9 Å². The van der Waals surface area contributed by atoms with Gasteiger partial charge in [0, 0.05) is 20.2 Å². The zero-order valence-corrected chi connectivity index (χ0v) is 11.5. The first-order valence-corrected chi connectivity index (χ1v) is 5.78. The van der Waals surface area contributed by atoms with E-state index in [2.05, 4.69) is 10.3 Å². The number of hydrogen-bond donors (Lipinski definition) is 1. The van der Waals surface area contributed by atoms with Crippen molar-refractivity contribution in [1.82, 2.24) is 19.9 Å². The highest BCUT2D eigenvalue weighted by Gasteiger charge is 2.21. The molecular formula is C11H18N4O4. The van der Waals surface area contributed by atoms with Crippen LogP contribution in [0.3, 0.4) is 0 Å². The van der Waals surface area contributed by atoms with Crippen molar-refractivity contribution in [2.45, 2.75) is 33.0 Å². The molecule has 0 aromatic carbocycles. The SMILES string of the molecule is COCc1c(C(=O)O)nnn1CC(=O)N(C)C(C)C. The van der Waals surface area contributed by atoms with Crippen LogP contribution in [0.2, 0.25) is 0 Å². The Morgan fingerprint density at radius 3 is 2.58 bits per heavy atom. The number of methoxy groups -OCH3 is 1. The van der Waals surface area contributed by atoms with E-state index in [0.717, 1.165) is 0 Å². The molecule has 1 aromatic rings. The number of carboxylic acid groups (broad SMARTS) is 1. The summed E-state index contributed by atoms with van der Waals surface area (Å²) in [5, 5.41) is 16.2. The second-order valence-corrected chi connectivity index (χ2v) is 4.38. The van der Waals surface area contributed by atoms with E-state index in [0.29, 0.717) is 0 Å². The molecule has 0 aliphatic carbocycles. The Morgan fingerprint density at radius 2 is 2.11 bits per heavy atom. The van der Waals surface area contributed by atoms with Gasteiger partial charge in [-0.3, -0.25) is 4.79 Å². The van der Waals surface area contributed by atoms with E-state index < -0.39 is 5.97 Å². The number of aromatic carboxylic acids is 1. The van der Waals surface area contributed by atoms with Crippen LogP contribution in [0, 0.1) is 0 Å². The third-order valence-corrected chi connectivity index (χ3v) is 2.77. The predicted octanol–water partition coefficient (Wildman–Crippen LogP) is -0.0105. The Hall–Kier alpha value is -1.96. The molecule has 0 fully saturated rings. The smallest absolute Gasteiger partial charge is 0.358 e. The van der Waals surface area contributed by atoms with Crippen LogP contribution in [0.15, 0.2) is 0 Å². The van der Waals surface area contributed by atoms with E-state index >= 15 is 0 Å². The summed E-state index contributed by atoms with van der Waals surface area (Å²) in [4.78, 5) is 24.5. The molecule has 1 heterocycles. The molecule has 0 saturated carbocycles. The van der Waals surface area contributed by atoms with Gasteiger partial charge in [-0.15, -0.1) is 5.10 Å². The van der Waals surface area contributed by atoms with Gasteiger partial charge >= 0.3 is 5.97 Å². The minimum Gasteiger partial charge on any atom is -0.476 e. The van der Waals surface area contributed by atoms with E-state index in [1.54, 1.807) is 11.9 Å². The Balaban J connectivity index is 2.95. The monoisotopic (exact) mass is 270 g/mol. The van der Waals surface area contributed by atoms with Crippen molar-refractivity contribution in [2.75, 3.05) is 14.2 Å². The lowest BCUT2D eigenvalue weighted by Gasteiger charge is -2.21. The van der Waals surface area contributed by atoms with Crippen molar-refractivity contribution in [2.24, 2.45) is 0 Å². The van der Waals surface area contributed by atoms with Gasteiger partial charge in [0.1, 0.15) is 6.54 Å². The van der Waals surface area contributed by atoms with Crippen LogP contribution in [0.5, 0.6) is 0 Å². The molecular weight excluding hydrogens is 252 g/mol. The van der Waals surface area contributed by atoms with Crippen LogP contribution in [-0.4, -0.2) is 57.1 Å². The first-order valence-electron chi connectivity index (χ1n) is 5.78. The normalized spacial score (nSPS) is 10.8. The van der Waals surface area contributed by atoms with Gasteiger partial charge in [-0.25, -0.2) is 9.48 Å². The summed E-state index contributed by atoms with van der Waals surface area (Å²) in [6.07, 6.45) is 0. The molecule has 8 heteroatoms. The van der Waals surface area contributed by atoms with Crippen molar-refractivity contribution in [3.8, 4) is 0 Å². The Morgan fingerprint density at radius 1 is 1.47 bits per heavy atom. The van der Waals surface area contributed by atoms with Crippen molar-refractivity contribution < 1.29 is 19.4 Å². The van der Waals surface area contributed by atoms with Crippen LogP contribution in [0.4, 0.5) is 0 Å². The average molecular weight is 270 g/mol. The van der Waals surface area contributed by atoms with Gasteiger partial charge in [-0.2, -0.15) is 0 Å². The molecule has 0 atom stereocenters. The number of ether oxygens (including phenoxy) is 1. The van der Waals surface area contributed by atoms with Gasteiger partial charge in [0.2, 0.25) is 5.91 Å². The molecule has 0 spiro atoms. The lowest BCUT2D eigenvalue weighted by molar-refractivity contribution is -0.132. The molecule has 8 nitrogen and oxygen atoms in total. The number of aromatic nitrogens is 3. The van der Waals surface area contributed by atoms with Crippen LogP contribution < -0.4 is 0 Å². The Labute approximate surface area is 111 Å². The van der Waals surface area contributed by atoms with E-state index in [1.165, 1.54) is 11.8 Å². The number of nitrogens with zero attached hydrogens (tertiary/aromatic N) is 4. The fourth-order valence-corrected chi connectivity index (χ4v) is 1.43. The second kappa shape index (κ2) is 6.28. The lowest BCUT2D eigenvalue weighted by Crippen LogP contribution is -2.36. The number of carbonyl (C=O) groups is 2. The third kappa shape index (κ3) is 3.50. The summed E-state index contributed by atoms with van der Waals surface area (Å²) in [6, 6.07) is 0.0563. The highest BCUT2D eigenvalue weighted by Crippen LogP contribution is 2.08. The average Bonchev–Trinajstić information content (AvgIpc) is 2.72. The maximum atomic E-state index is 11.9. The predicted molar refractivity (Wildman–Crippen MR) is 65.6 cm³/mol. The first-order chi connectivity index (χ1) is 8.88. The molecule has 0 aliphatic heterocycles. The summed E-state index contributed by atoms with van der Waals surface area (Å²) in [7, 11) is 3.11. The van der Waals surface area contributed by atoms with Crippen LogP contribution in [-0.2, 0) is 22.7 Å². The lowest BCUT2D eigenvalue weighted by atomic mass is 10.3. The molecule has 1 N–H and O–H groups in total. The summed E-state index contributed by atoms with van der Waals surface area (Å²) < 4.78 is 6.18. The molecule has 0 unspecified atom stereocenters. The topological polar surface area (TPSA) is 97.5 Å². The van der Waals surface area contributed by atoms with Gasteiger partial charge in [-0.1, -0.05) is 5.21 Å². The zero-order valence-electron chi connectivity index (χ0n) is 11.5. The molecule has 106 valence electrons. The highest BCUT2D eigenvalue weighted by molar-refractivity contribution is 5.86. The van der Waals surface area contributed by atoms with E-state index in [9.17, 15) is 9.59 Å². The van der Waals surface area contributed by atoms with E-state index in [-0.39, 0.29) is 36.5 Å². The van der Waals surface area contributed by atoms with Crippen molar-refractivity contribution in [3.63, 3.8) is 0 Å². The summed E-state index contributed by atoms with van der Waals surface area (Å²) >= 11 is 0. The molecule has 19 heavy (non-hydrogen) atoms. The van der Waals surface area contributed by atoms with Crippen LogP contribution in [0.25, 0.3) is 0 Å². The number of carboxylic acids is 1. The van der Waals surface area contributed by atoms with Gasteiger partial charge in [0.15, 0.2) is 5.69 Å². The number of hydrogen-bond acceptors (Lipinski definition) is 5. The number of likely N-dealkylation sites (N-methyl/N-ethyl adjacent to an activating group) is 1. The number of carbonyl (C=O) groups excluding carboxylic acids is 1. The molecule has 0 radical (unpaired) electrons. The summed E-state index contributed by atoms with van der Waals surface area (Å²) in [5.74, 6) is -1.36. The minimum atomic E-state index is -1.19. The quantitative estimate of drug-likeness (QED) is 0.780. The molecule has 0 bridgehead atoms. The maximum absolute atomic E-state index is 11.9. The van der Waals surface area contributed by atoms with E-state index in [4.69, 9.17) is 9.84 Å². The molecule has 0 saturated heterocycles. The largest absolute Gasteiger partial charge is 0.476 e.